The summed E-state index contributed by atoms with van der Waals surface area (Å²) in [6.45, 7) is 5.72. The van der Waals surface area contributed by atoms with E-state index in [0.29, 0.717) is 54.2 Å². The third-order valence-electron chi connectivity index (χ3n) is 7.42. The first-order valence-electron chi connectivity index (χ1n) is 14.0. The predicted molar refractivity (Wildman–Crippen MR) is 160 cm³/mol. The summed E-state index contributed by atoms with van der Waals surface area (Å²) in [7, 11) is 4.66. The van der Waals surface area contributed by atoms with E-state index >= 15 is 0 Å². The van der Waals surface area contributed by atoms with Crippen LogP contribution >= 0.6 is 0 Å². The van der Waals surface area contributed by atoms with E-state index in [1.54, 1.807) is 39.9 Å². The van der Waals surface area contributed by atoms with Gasteiger partial charge in [0, 0.05) is 37.3 Å². The second-order valence-corrected chi connectivity index (χ2v) is 10.6. The number of ether oxygens (including phenoxy) is 3. The van der Waals surface area contributed by atoms with Crippen LogP contribution in [0.1, 0.15) is 50.1 Å². The summed E-state index contributed by atoms with van der Waals surface area (Å²) in [4.78, 5) is 46.1. The zero-order chi connectivity index (χ0) is 30.4. The van der Waals surface area contributed by atoms with Gasteiger partial charge in [0.2, 0.25) is 23.0 Å². The number of rotatable bonds is 11. The molecule has 1 aromatic heterocycles. The molecule has 0 saturated carbocycles. The van der Waals surface area contributed by atoms with Crippen LogP contribution in [0.15, 0.2) is 41.6 Å². The van der Waals surface area contributed by atoms with Crippen molar-refractivity contribution in [3.63, 3.8) is 0 Å². The number of aryl methyl sites for hydroxylation is 1. The highest BCUT2D eigenvalue weighted by Gasteiger charge is 2.30. The van der Waals surface area contributed by atoms with Gasteiger partial charge in [0.1, 0.15) is 6.04 Å². The fourth-order valence-corrected chi connectivity index (χ4v) is 5.38. The molecule has 4 rings (SSSR count). The molecule has 4 N–H and O–H groups in total. The number of imidazole rings is 1. The Labute approximate surface area is 245 Å². The maximum Gasteiger partial charge on any atom is 0.242 e. The number of amides is 2. The first kappa shape index (κ1) is 30.4. The van der Waals surface area contributed by atoms with Gasteiger partial charge in [-0.25, -0.2) is 4.98 Å². The average molecular weight is 578 g/mol. The molecule has 0 aliphatic heterocycles. The van der Waals surface area contributed by atoms with Crippen LogP contribution in [0.5, 0.6) is 17.2 Å². The Kier molecular flexibility index (Phi) is 9.72. The quantitative estimate of drug-likeness (QED) is 0.272. The average Bonchev–Trinajstić information content (AvgIpc) is 3.37. The SMILES string of the molecule is COc1cc2c(c(OC)c1OC)-c1ccc(N[C@H](C(=O)NCCc3cnc[nH]3)C(C)C)c(=O)cc1[C@@H](NC(C)=O)CC2. The Morgan fingerprint density at radius 2 is 1.86 bits per heavy atom. The van der Waals surface area contributed by atoms with Gasteiger partial charge in [-0.1, -0.05) is 19.9 Å². The van der Waals surface area contributed by atoms with Crippen LogP contribution in [0.4, 0.5) is 5.69 Å². The number of aromatic nitrogens is 2. The van der Waals surface area contributed by atoms with Gasteiger partial charge in [0.25, 0.3) is 0 Å². The highest BCUT2D eigenvalue weighted by atomic mass is 16.5. The third kappa shape index (κ3) is 6.50. The van der Waals surface area contributed by atoms with Gasteiger partial charge >= 0.3 is 0 Å². The summed E-state index contributed by atoms with van der Waals surface area (Å²) < 4.78 is 17.1. The van der Waals surface area contributed by atoms with Gasteiger partial charge in [0.05, 0.1) is 39.4 Å². The minimum absolute atomic E-state index is 0.107. The highest BCUT2D eigenvalue weighted by molar-refractivity contribution is 5.86. The molecule has 1 heterocycles. The number of carbonyl (C=O) groups excluding carboxylic acids is 2. The predicted octanol–water partition coefficient (Wildman–Crippen LogP) is 3.38. The Hall–Kier alpha value is -4.54. The van der Waals surface area contributed by atoms with E-state index in [0.717, 1.165) is 16.8 Å². The number of methoxy groups -OCH3 is 3. The molecule has 1 aliphatic carbocycles. The smallest absolute Gasteiger partial charge is 0.242 e. The molecule has 0 spiro atoms. The van der Waals surface area contributed by atoms with Crippen molar-refractivity contribution in [1.29, 1.82) is 0 Å². The highest BCUT2D eigenvalue weighted by Crippen LogP contribution is 2.50. The van der Waals surface area contributed by atoms with Crippen LogP contribution in [-0.2, 0) is 22.4 Å². The van der Waals surface area contributed by atoms with Crippen LogP contribution in [0.25, 0.3) is 11.1 Å². The molecule has 224 valence electrons. The zero-order valence-corrected chi connectivity index (χ0v) is 24.9. The number of carbonyl (C=O) groups is 2. The van der Waals surface area contributed by atoms with Crippen molar-refractivity contribution in [2.45, 2.75) is 52.1 Å². The number of H-pyrrole nitrogens is 1. The number of benzene rings is 1. The number of fused-ring (bicyclic) bond motifs is 3. The van der Waals surface area contributed by atoms with E-state index in [1.165, 1.54) is 13.0 Å². The topological polar surface area (TPSA) is 144 Å². The largest absolute Gasteiger partial charge is 0.493 e. The van der Waals surface area contributed by atoms with E-state index in [4.69, 9.17) is 14.2 Å². The molecule has 2 atom stereocenters. The molecule has 2 amide bonds. The maximum atomic E-state index is 13.7. The first-order chi connectivity index (χ1) is 20.2. The molecule has 11 heteroatoms. The summed E-state index contributed by atoms with van der Waals surface area (Å²) >= 11 is 0. The second-order valence-electron chi connectivity index (χ2n) is 10.6. The lowest BCUT2D eigenvalue weighted by atomic mass is 9.95. The molecule has 3 aromatic rings. The van der Waals surface area contributed by atoms with E-state index in [1.807, 2.05) is 26.0 Å². The number of nitrogens with one attached hydrogen (secondary N) is 4. The van der Waals surface area contributed by atoms with Gasteiger partial charge in [-0.15, -0.1) is 0 Å². The lowest BCUT2D eigenvalue weighted by molar-refractivity contribution is -0.122. The van der Waals surface area contributed by atoms with E-state index in [2.05, 4.69) is 25.9 Å². The molecule has 2 aromatic carbocycles. The van der Waals surface area contributed by atoms with Crippen molar-refractivity contribution < 1.29 is 23.8 Å². The molecule has 0 unspecified atom stereocenters. The molecule has 11 nitrogen and oxygen atoms in total. The number of hydrogen-bond donors (Lipinski definition) is 4. The van der Waals surface area contributed by atoms with E-state index < -0.39 is 12.1 Å². The zero-order valence-electron chi connectivity index (χ0n) is 24.9. The van der Waals surface area contributed by atoms with Crippen LogP contribution in [0.3, 0.4) is 0 Å². The fourth-order valence-electron chi connectivity index (χ4n) is 5.38. The van der Waals surface area contributed by atoms with Crippen molar-refractivity contribution in [3.05, 3.63) is 63.8 Å². The fraction of sp³-hybridized carbons (Fsp3) is 0.419. The molecular formula is C31H39N5O6. The number of hydrogen-bond acceptors (Lipinski definition) is 8. The Morgan fingerprint density at radius 1 is 1.10 bits per heavy atom. The second kappa shape index (κ2) is 13.4. The van der Waals surface area contributed by atoms with E-state index in [-0.39, 0.29) is 28.8 Å². The van der Waals surface area contributed by atoms with E-state index in [9.17, 15) is 14.4 Å². The Morgan fingerprint density at radius 3 is 2.48 bits per heavy atom. The van der Waals surface area contributed by atoms with Gasteiger partial charge in [-0.2, -0.15) is 0 Å². The van der Waals surface area contributed by atoms with Crippen molar-refractivity contribution in [1.82, 2.24) is 20.6 Å². The third-order valence-corrected chi connectivity index (χ3v) is 7.42. The molecule has 0 bridgehead atoms. The van der Waals surface area contributed by atoms with Gasteiger partial charge in [-0.05, 0) is 53.6 Å². The lowest BCUT2D eigenvalue weighted by Gasteiger charge is -2.22. The normalized spacial score (nSPS) is 14.6. The van der Waals surface area contributed by atoms with Gasteiger partial charge in [0.15, 0.2) is 11.5 Å². The molecule has 1 aliphatic rings. The van der Waals surface area contributed by atoms with Crippen LogP contribution < -0.4 is 35.6 Å². The van der Waals surface area contributed by atoms with Crippen molar-refractivity contribution in [2.24, 2.45) is 5.92 Å². The summed E-state index contributed by atoms with van der Waals surface area (Å²) in [6.07, 6.45) is 5.07. The van der Waals surface area contributed by atoms with Crippen LogP contribution in [-0.4, -0.2) is 55.7 Å². The molecule has 0 radical (unpaired) electrons. The number of nitrogens with zero attached hydrogens (tertiary/aromatic N) is 1. The molecule has 0 saturated heterocycles. The number of anilines is 1. The standard InChI is InChI=1S/C31H39N5O6/c1-17(2)28(31(39)33-12-11-20-15-32-16-34-20)36-24-10-8-21-22(14-25(24)38)23(35-18(3)37)9-7-19-13-26(40-4)29(41-5)30(42-6)27(19)21/h8,10,13-17,23,28H,7,9,11-12H2,1-6H3,(H,32,34)(H,33,39)(H,35,37)(H,36,38)/t23-,28-/m0/s1. The summed E-state index contributed by atoms with van der Waals surface area (Å²) in [5.74, 6) is 0.908. The first-order valence-corrected chi connectivity index (χ1v) is 14.0. The lowest BCUT2D eigenvalue weighted by Crippen LogP contribution is -2.44. The van der Waals surface area contributed by atoms with Gasteiger partial charge < -0.3 is 35.1 Å². The maximum absolute atomic E-state index is 13.7. The summed E-state index contributed by atoms with van der Waals surface area (Å²) in [5.41, 5.74) is 3.95. The molecule has 42 heavy (non-hydrogen) atoms. The van der Waals surface area contributed by atoms with Gasteiger partial charge in [-0.3, -0.25) is 14.4 Å². The minimum Gasteiger partial charge on any atom is -0.493 e. The van der Waals surface area contributed by atoms with Crippen molar-refractivity contribution in [2.75, 3.05) is 33.2 Å². The Balaban J connectivity index is 1.77. The summed E-state index contributed by atoms with van der Waals surface area (Å²) in [6, 6.07) is 5.88. The minimum atomic E-state index is -0.654. The van der Waals surface area contributed by atoms with Crippen molar-refractivity contribution in [3.8, 4) is 28.4 Å². The monoisotopic (exact) mass is 577 g/mol. The summed E-state index contributed by atoms with van der Waals surface area (Å²) in [5, 5.41) is 9.15. The molecule has 0 fully saturated rings. The molecular weight excluding hydrogens is 538 g/mol. The number of aromatic amines is 1. The van der Waals surface area contributed by atoms with Crippen molar-refractivity contribution >= 4 is 17.5 Å². The van der Waals surface area contributed by atoms with Crippen LogP contribution in [0, 0.1) is 5.92 Å². The van der Waals surface area contributed by atoms with Crippen LogP contribution in [0.2, 0.25) is 0 Å². The Bertz CT molecular complexity index is 1490.